The van der Waals surface area contributed by atoms with E-state index in [1.165, 1.54) is 5.56 Å². The van der Waals surface area contributed by atoms with Crippen LogP contribution < -0.4 is 4.74 Å². The SMILES string of the molecule is CCCCCC(=O)Oc1cn([C@H](C)c2ccccc2)c2nc(CCCCC)n3c4ccccc4nc3c12. The van der Waals surface area contributed by atoms with Crippen molar-refractivity contribution in [1.82, 2.24) is 18.9 Å². The number of hydrogen-bond acceptors (Lipinski definition) is 4. The average molecular weight is 497 g/mol. The van der Waals surface area contributed by atoms with Crippen molar-refractivity contribution in [2.45, 2.75) is 78.2 Å². The molecule has 0 unspecified atom stereocenters. The van der Waals surface area contributed by atoms with Gasteiger partial charge in [-0.25, -0.2) is 9.97 Å². The molecule has 0 aliphatic rings. The van der Waals surface area contributed by atoms with Crippen LogP contribution in [0.25, 0.3) is 27.7 Å². The van der Waals surface area contributed by atoms with Crippen LogP contribution in [0.15, 0.2) is 60.8 Å². The topological polar surface area (TPSA) is 61.4 Å². The highest BCUT2D eigenvalue weighted by Gasteiger charge is 2.24. The first-order chi connectivity index (χ1) is 18.1. The van der Waals surface area contributed by atoms with Gasteiger partial charge in [0, 0.05) is 12.8 Å². The average Bonchev–Trinajstić information content (AvgIpc) is 3.47. The molecular formula is C31H36N4O2. The monoisotopic (exact) mass is 496 g/mol. The minimum atomic E-state index is -0.207. The zero-order chi connectivity index (χ0) is 25.8. The Hall–Kier alpha value is -3.67. The highest BCUT2D eigenvalue weighted by molar-refractivity contribution is 6.01. The van der Waals surface area contributed by atoms with Gasteiger partial charge in [0.1, 0.15) is 16.9 Å². The lowest BCUT2D eigenvalue weighted by molar-refractivity contribution is -0.134. The Labute approximate surface area is 218 Å². The smallest absolute Gasteiger partial charge is 0.311 e. The molecule has 3 aromatic heterocycles. The van der Waals surface area contributed by atoms with E-state index in [2.05, 4.69) is 60.1 Å². The molecule has 37 heavy (non-hydrogen) atoms. The fourth-order valence-corrected chi connectivity index (χ4v) is 5.10. The van der Waals surface area contributed by atoms with Gasteiger partial charge in [0.05, 0.1) is 23.3 Å². The van der Waals surface area contributed by atoms with Gasteiger partial charge in [0.15, 0.2) is 11.4 Å². The molecule has 5 aromatic rings. The molecule has 5 rings (SSSR count). The Morgan fingerprint density at radius 1 is 0.892 bits per heavy atom. The Morgan fingerprint density at radius 2 is 1.62 bits per heavy atom. The molecule has 0 aliphatic carbocycles. The summed E-state index contributed by atoms with van der Waals surface area (Å²) in [6, 6.07) is 18.5. The second kappa shape index (κ2) is 11.2. The Morgan fingerprint density at radius 3 is 2.41 bits per heavy atom. The van der Waals surface area contributed by atoms with Crippen LogP contribution in [-0.2, 0) is 11.2 Å². The Bertz CT molecular complexity index is 1520. The molecule has 0 radical (unpaired) electrons. The largest absolute Gasteiger partial charge is 0.424 e. The van der Waals surface area contributed by atoms with Crippen molar-refractivity contribution in [3.05, 3.63) is 72.2 Å². The summed E-state index contributed by atoms with van der Waals surface area (Å²) in [6.07, 6.45) is 9.48. The van der Waals surface area contributed by atoms with Gasteiger partial charge in [0.2, 0.25) is 0 Å². The van der Waals surface area contributed by atoms with Gasteiger partial charge in [-0.1, -0.05) is 82.0 Å². The van der Waals surface area contributed by atoms with Crippen LogP contribution in [0.1, 0.15) is 83.1 Å². The molecule has 6 heteroatoms. The van der Waals surface area contributed by atoms with Crippen LogP contribution in [0.4, 0.5) is 0 Å². The number of ether oxygens (including phenoxy) is 1. The number of unbranched alkanes of at least 4 members (excludes halogenated alkanes) is 4. The van der Waals surface area contributed by atoms with Gasteiger partial charge in [-0.05, 0) is 37.5 Å². The summed E-state index contributed by atoms with van der Waals surface area (Å²) in [6.45, 7) is 6.51. The van der Waals surface area contributed by atoms with E-state index in [0.29, 0.717) is 12.2 Å². The van der Waals surface area contributed by atoms with Crippen LogP contribution in [0.2, 0.25) is 0 Å². The molecule has 0 saturated carbocycles. The van der Waals surface area contributed by atoms with E-state index in [1.807, 2.05) is 30.5 Å². The first-order valence-corrected chi connectivity index (χ1v) is 13.7. The maximum atomic E-state index is 12.9. The number of nitrogens with zero attached hydrogens (tertiary/aromatic N) is 4. The van der Waals surface area contributed by atoms with Gasteiger partial charge in [-0.2, -0.15) is 0 Å². The number of carbonyl (C=O) groups excluding carboxylic acids is 1. The van der Waals surface area contributed by atoms with Crippen LogP contribution in [0, 0.1) is 0 Å². The second-order valence-corrected chi connectivity index (χ2v) is 9.86. The van der Waals surface area contributed by atoms with E-state index in [-0.39, 0.29) is 12.0 Å². The van der Waals surface area contributed by atoms with Crippen molar-refractivity contribution in [3.63, 3.8) is 0 Å². The summed E-state index contributed by atoms with van der Waals surface area (Å²) in [5.74, 6) is 1.32. The molecule has 0 aliphatic heterocycles. The third-order valence-electron chi connectivity index (χ3n) is 7.16. The van der Waals surface area contributed by atoms with Crippen LogP contribution in [0.3, 0.4) is 0 Å². The molecular weight excluding hydrogens is 460 g/mol. The lowest BCUT2D eigenvalue weighted by atomic mass is 10.1. The van der Waals surface area contributed by atoms with Crippen molar-refractivity contribution >= 4 is 33.7 Å². The number of aromatic nitrogens is 4. The van der Waals surface area contributed by atoms with Gasteiger partial charge in [0.25, 0.3) is 0 Å². The van der Waals surface area contributed by atoms with E-state index in [0.717, 1.165) is 78.5 Å². The number of fused-ring (bicyclic) bond motifs is 5. The minimum Gasteiger partial charge on any atom is -0.424 e. The first kappa shape index (κ1) is 25.0. The zero-order valence-electron chi connectivity index (χ0n) is 22.1. The van der Waals surface area contributed by atoms with Gasteiger partial charge < -0.3 is 9.30 Å². The number of rotatable bonds is 11. The summed E-state index contributed by atoms with van der Waals surface area (Å²) in [5, 5.41) is 0.794. The molecule has 2 aromatic carbocycles. The van der Waals surface area contributed by atoms with Gasteiger partial charge >= 0.3 is 5.97 Å². The third-order valence-corrected chi connectivity index (χ3v) is 7.16. The number of carbonyl (C=O) groups is 1. The number of aryl methyl sites for hydroxylation is 1. The number of imidazole rings is 1. The minimum absolute atomic E-state index is 0.0130. The number of hydrogen-bond donors (Lipinski definition) is 0. The summed E-state index contributed by atoms with van der Waals surface area (Å²) >= 11 is 0. The number of para-hydroxylation sites is 2. The van der Waals surface area contributed by atoms with Crippen molar-refractivity contribution < 1.29 is 9.53 Å². The third kappa shape index (κ3) is 4.97. The highest BCUT2D eigenvalue weighted by atomic mass is 16.5. The molecule has 6 nitrogen and oxygen atoms in total. The molecule has 3 heterocycles. The van der Waals surface area contributed by atoms with Gasteiger partial charge in [-0.3, -0.25) is 9.20 Å². The van der Waals surface area contributed by atoms with Crippen molar-refractivity contribution in [3.8, 4) is 5.75 Å². The van der Waals surface area contributed by atoms with Gasteiger partial charge in [-0.15, -0.1) is 0 Å². The van der Waals surface area contributed by atoms with E-state index in [4.69, 9.17) is 14.7 Å². The Balaban J connectivity index is 1.73. The molecule has 0 fully saturated rings. The predicted molar refractivity (Wildman–Crippen MR) is 149 cm³/mol. The molecule has 1 atom stereocenters. The lowest BCUT2D eigenvalue weighted by Crippen LogP contribution is -2.09. The fourth-order valence-electron chi connectivity index (χ4n) is 5.10. The molecule has 192 valence electrons. The number of esters is 1. The molecule has 0 saturated heterocycles. The maximum Gasteiger partial charge on any atom is 0.311 e. The standard InChI is InChI=1S/C31H36N4O2/c1-4-6-9-19-27-33-30-29(31-32-24-17-13-14-18-25(24)35(27)31)26(37-28(36)20-10-7-5-2)21-34(30)22(3)23-15-11-8-12-16-23/h8,11-18,21-22H,4-7,9-10,19-20H2,1-3H3/t22-/m1/s1. The first-order valence-electron chi connectivity index (χ1n) is 13.7. The highest BCUT2D eigenvalue weighted by Crippen LogP contribution is 2.36. The molecule has 0 spiro atoms. The van der Waals surface area contributed by atoms with E-state index >= 15 is 0 Å². The van der Waals surface area contributed by atoms with Crippen molar-refractivity contribution in [2.75, 3.05) is 0 Å². The van der Waals surface area contributed by atoms with Crippen molar-refractivity contribution in [2.24, 2.45) is 0 Å². The molecule has 0 bridgehead atoms. The quantitative estimate of drug-likeness (QED) is 0.139. The second-order valence-electron chi connectivity index (χ2n) is 9.86. The summed E-state index contributed by atoms with van der Waals surface area (Å²) < 4.78 is 10.3. The van der Waals surface area contributed by atoms with Crippen LogP contribution in [-0.4, -0.2) is 24.9 Å². The predicted octanol–water partition coefficient (Wildman–Crippen LogP) is 7.66. The summed E-state index contributed by atoms with van der Waals surface area (Å²) in [4.78, 5) is 23.1. The van der Waals surface area contributed by atoms with Crippen LogP contribution in [0.5, 0.6) is 5.75 Å². The van der Waals surface area contributed by atoms with E-state index in [1.54, 1.807) is 0 Å². The summed E-state index contributed by atoms with van der Waals surface area (Å²) in [5.41, 5.74) is 4.72. The van der Waals surface area contributed by atoms with Crippen molar-refractivity contribution in [1.29, 1.82) is 0 Å². The fraction of sp³-hybridized carbons (Fsp3) is 0.387. The lowest BCUT2D eigenvalue weighted by Gasteiger charge is -2.16. The normalized spacial score (nSPS) is 12.5. The maximum absolute atomic E-state index is 12.9. The number of benzene rings is 2. The van der Waals surface area contributed by atoms with Crippen LogP contribution >= 0.6 is 0 Å². The zero-order valence-corrected chi connectivity index (χ0v) is 22.1. The van der Waals surface area contributed by atoms with E-state index in [9.17, 15) is 4.79 Å². The molecule has 0 amide bonds. The summed E-state index contributed by atoms with van der Waals surface area (Å²) in [7, 11) is 0. The molecule has 0 N–H and O–H groups in total. The van der Waals surface area contributed by atoms with E-state index < -0.39 is 0 Å². The Kier molecular flexibility index (Phi) is 7.54.